The highest BCUT2D eigenvalue weighted by Crippen LogP contribution is 2.16. The predicted molar refractivity (Wildman–Crippen MR) is 66.8 cm³/mol. The van der Waals surface area contributed by atoms with Crippen LogP contribution in [0.5, 0.6) is 0 Å². The van der Waals surface area contributed by atoms with Gasteiger partial charge in [0.1, 0.15) is 5.69 Å². The van der Waals surface area contributed by atoms with Gasteiger partial charge in [0.25, 0.3) is 0 Å². The van der Waals surface area contributed by atoms with Crippen LogP contribution in [0.4, 0.5) is 5.69 Å². The molecule has 0 amide bonds. The van der Waals surface area contributed by atoms with Crippen LogP contribution in [0.15, 0.2) is 23.5 Å². The number of nitrogens with zero attached hydrogens (tertiary/aromatic N) is 3. The highest BCUT2D eigenvalue weighted by atomic mass is 32.2. The molecule has 17 heavy (non-hydrogen) atoms. The molecule has 3 N–H and O–H groups in total. The van der Waals surface area contributed by atoms with E-state index in [-0.39, 0.29) is 5.84 Å². The van der Waals surface area contributed by atoms with Gasteiger partial charge in [0, 0.05) is 47.3 Å². The Morgan fingerprint density at radius 1 is 1.53 bits per heavy atom. The van der Waals surface area contributed by atoms with Gasteiger partial charge in [-0.3, -0.25) is 9.19 Å². The van der Waals surface area contributed by atoms with Crippen LogP contribution in [0.1, 0.15) is 5.69 Å². The maximum absolute atomic E-state index is 11.3. The van der Waals surface area contributed by atoms with Crippen molar-refractivity contribution < 1.29 is 9.42 Å². The highest BCUT2D eigenvalue weighted by Gasteiger charge is 2.16. The number of hydrogen-bond acceptors (Lipinski definition) is 5. The zero-order valence-corrected chi connectivity index (χ0v) is 10.1. The monoisotopic (exact) mass is 254 g/mol. The maximum atomic E-state index is 11.3. The van der Waals surface area contributed by atoms with Gasteiger partial charge < -0.3 is 15.8 Å². The van der Waals surface area contributed by atoms with Gasteiger partial charge in [0.15, 0.2) is 5.84 Å². The summed E-state index contributed by atoms with van der Waals surface area (Å²) in [6.07, 6.45) is 1.62. The van der Waals surface area contributed by atoms with Crippen molar-refractivity contribution >= 4 is 22.3 Å². The Bertz CT molecular complexity index is 453. The molecule has 1 fully saturated rings. The van der Waals surface area contributed by atoms with Gasteiger partial charge in [-0.2, -0.15) is 0 Å². The first kappa shape index (κ1) is 11.8. The van der Waals surface area contributed by atoms with Crippen molar-refractivity contribution in [1.82, 2.24) is 4.98 Å². The van der Waals surface area contributed by atoms with E-state index in [1.807, 2.05) is 6.07 Å². The molecule has 7 heteroatoms. The van der Waals surface area contributed by atoms with Crippen LogP contribution in [-0.2, 0) is 10.8 Å². The van der Waals surface area contributed by atoms with E-state index in [1.54, 1.807) is 12.3 Å². The van der Waals surface area contributed by atoms with Crippen LogP contribution >= 0.6 is 0 Å². The third kappa shape index (κ3) is 2.73. The summed E-state index contributed by atoms with van der Waals surface area (Å²) < 4.78 is 11.3. The molecule has 1 aliphatic heterocycles. The van der Waals surface area contributed by atoms with E-state index in [2.05, 4.69) is 15.0 Å². The summed E-state index contributed by atoms with van der Waals surface area (Å²) in [7, 11) is -0.696. The molecular weight excluding hydrogens is 240 g/mol. The van der Waals surface area contributed by atoms with Crippen molar-refractivity contribution in [3.63, 3.8) is 0 Å². The fraction of sp³-hybridized carbons (Fsp3) is 0.400. The summed E-state index contributed by atoms with van der Waals surface area (Å²) in [6, 6.07) is 3.63. The van der Waals surface area contributed by atoms with E-state index >= 15 is 0 Å². The summed E-state index contributed by atoms with van der Waals surface area (Å²) >= 11 is 0. The number of aromatic nitrogens is 1. The Morgan fingerprint density at radius 3 is 2.88 bits per heavy atom. The third-order valence-electron chi connectivity index (χ3n) is 2.66. The molecule has 0 spiro atoms. The summed E-state index contributed by atoms with van der Waals surface area (Å²) in [5.41, 5.74) is 6.88. The van der Waals surface area contributed by atoms with E-state index in [1.165, 1.54) is 0 Å². The van der Waals surface area contributed by atoms with Crippen molar-refractivity contribution in [1.29, 1.82) is 0 Å². The summed E-state index contributed by atoms with van der Waals surface area (Å²) in [5, 5.41) is 11.5. The average molecular weight is 254 g/mol. The van der Waals surface area contributed by atoms with Gasteiger partial charge in [-0.1, -0.05) is 5.16 Å². The lowest BCUT2D eigenvalue weighted by Gasteiger charge is -2.28. The van der Waals surface area contributed by atoms with Crippen LogP contribution in [0.3, 0.4) is 0 Å². The van der Waals surface area contributed by atoms with E-state index in [9.17, 15) is 4.21 Å². The second-order valence-electron chi connectivity index (χ2n) is 3.72. The molecule has 1 aromatic heterocycles. The molecular formula is C10H14N4O2S. The number of hydrogen-bond donors (Lipinski definition) is 2. The van der Waals surface area contributed by atoms with Crippen LogP contribution in [0, 0.1) is 0 Å². The topological polar surface area (TPSA) is 91.8 Å². The van der Waals surface area contributed by atoms with Gasteiger partial charge >= 0.3 is 0 Å². The SMILES string of the molecule is NC(=NO)c1cc(N2CCS(=O)CC2)ccn1. The van der Waals surface area contributed by atoms with Crippen LogP contribution in [0.2, 0.25) is 0 Å². The molecule has 1 aromatic rings. The van der Waals surface area contributed by atoms with Crippen molar-refractivity contribution in [3.05, 3.63) is 24.0 Å². The second-order valence-corrected chi connectivity index (χ2v) is 5.42. The number of anilines is 1. The molecule has 0 aliphatic carbocycles. The van der Waals surface area contributed by atoms with E-state index in [0.717, 1.165) is 18.8 Å². The maximum Gasteiger partial charge on any atom is 0.188 e. The Balaban J connectivity index is 2.19. The lowest BCUT2D eigenvalue weighted by Crippen LogP contribution is -2.37. The first-order chi connectivity index (χ1) is 8.20. The van der Waals surface area contributed by atoms with Crippen molar-refractivity contribution in [2.24, 2.45) is 10.9 Å². The molecule has 2 rings (SSSR count). The third-order valence-corrected chi connectivity index (χ3v) is 3.93. The largest absolute Gasteiger partial charge is 0.409 e. The molecule has 0 atom stereocenters. The van der Waals surface area contributed by atoms with Gasteiger partial charge in [-0.05, 0) is 12.1 Å². The van der Waals surface area contributed by atoms with Gasteiger partial charge in [0.05, 0.1) is 0 Å². The van der Waals surface area contributed by atoms with Gasteiger partial charge in [0.2, 0.25) is 0 Å². The molecule has 2 heterocycles. The quantitative estimate of drug-likeness (QED) is 0.328. The Hall–Kier alpha value is -1.63. The minimum Gasteiger partial charge on any atom is -0.409 e. The zero-order valence-electron chi connectivity index (χ0n) is 9.24. The number of nitrogens with two attached hydrogens (primary N) is 1. The standard InChI is InChI=1S/C10H14N4O2S/c11-10(13-15)9-7-8(1-2-12-9)14-3-5-17(16)6-4-14/h1-2,7,15H,3-6H2,(H2,11,13). The van der Waals surface area contributed by atoms with E-state index in [4.69, 9.17) is 10.9 Å². The van der Waals surface area contributed by atoms with Gasteiger partial charge in [-0.25, -0.2) is 0 Å². The van der Waals surface area contributed by atoms with Crippen molar-refractivity contribution in [2.75, 3.05) is 29.5 Å². The summed E-state index contributed by atoms with van der Waals surface area (Å²) in [6.45, 7) is 1.51. The molecule has 0 unspecified atom stereocenters. The first-order valence-corrected chi connectivity index (χ1v) is 6.73. The van der Waals surface area contributed by atoms with Crippen molar-refractivity contribution in [2.45, 2.75) is 0 Å². The molecule has 0 radical (unpaired) electrons. The fourth-order valence-corrected chi connectivity index (χ4v) is 2.76. The number of oxime groups is 1. The number of amidine groups is 1. The zero-order chi connectivity index (χ0) is 12.3. The first-order valence-electron chi connectivity index (χ1n) is 5.24. The van der Waals surface area contributed by atoms with Gasteiger partial charge in [-0.15, -0.1) is 0 Å². The average Bonchev–Trinajstić information content (AvgIpc) is 2.39. The highest BCUT2D eigenvalue weighted by molar-refractivity contribution is 7.85. The lowest BCUT2D eigenvalue weighted by molar-refractivity contribution is 0.318. The number of pyridine rings is 1. The van der Waals surface area contributed by atoms with Crippen molar-refractivity contribution in [3.8, 4) is 0 Å². The normalized spacial score (nSPS) is 18.4. The van der Waals surface area contributed by atoms with Crippen LogP contribution < -0.4 is 10.6 Å². The molecule has 1 aliphatic rings. The predicted octanol–water partition coefficient (Wildman–Crippen LogP) is -0.255. The molecule has 1 saturated heterocycles. The summed E-state index contributed by atoms with van der Waals surface area (Å²) in [4.78, 5) is 6.14. The summed E-state index contributed by atoms with van der Waals surface area (Å²) in [5.74, 6) is 1.36. The van der Waals surface area contributed by atoms with E-state index < -0.39 is 10.8 Å². The Morgan fingerprint density at radius 2 is 2.24 bits per heavy atom. The number of rotatable bonds is 2. The Labute approximate surface area is 102 Å². The molecule has 6 nitrogen and oxygen atoms in total. The second kappa shape index (κ2) is 5.13. The minimum absolute atomic E-state index is 0.00700. The van der Waals surface area contributed by atoms with Crippen LogP contribution in [0.25, 0.3) is 0 Å². The Kier molecular flexibility index (Phi) is 3.58. The molecule has 92 valence electrons. The van der Waals surface area contributed by atoms with Crippen LogP contribution in [-0.4, -0.2) is 44.8 Å². The molecule has 0 bridgehead atoms. The smallest absolute Gasteiger partial charge is 0.188 e. The van der Waals surface area contributed by atoms with E-state index in [0.29, 0.717) is 17.2 Å². The fourth-order valence-electron chi connectivity index (χ4n) is 1.70. The lowest BCUT2D eigenvalue weighted by atomic mass is 10.2. The molecule has 0 aromatic carbocycles. The molecule has 0 saturated carbocycles. The minimum atomic E-state index is -0.696.